The van der Waals surface area contributed by atoms with Crippen LogP contribution in [0.1, 0.15) is 24.5 Å². The number of hydrogen-bond acceptors (Lipinski definition) is 3. The van der Waals surface area contributed by atoms with Gasteiger partial charge in [0.25, 0.3) is 0 Å². The lowest BCUT2D eigenvalue weighted by Gasteiger charge is -2.10. The monoisotopic (exact) mass is 253 g/mol. The molecule has 0 spiro atoms. The summed E-state index contributed by atoms with van der Waals surface area (Å²) in [5.41, 5.74) is 2.14. The van der Waals surface area contributed by atoms with E-state index in [9.17, 15) is 8.42 Å². The summed E-state index contributed by atoms with van der Waals surface area (Å²) in [6.45, 7) is 3.52. The number of aryl methyl sites for hydroxylation is 1. The van der Waals surface area contributed by atoms with E-state index in [2.05, 4.69) is 12.2 Å². The molecule has 1 aliphatic heterocycles. The van der Waals surface area contributed by atoms with Gasteiger partial charge in [-0.2, -0.15) is 0 Å². The second kappa shape index (κ2) is 5.19. The molecule has 1 aromatic carbocycles. The van der Waals surface area contributed by atoms with Crippen molar-refractivity contribution in [2.75, 3.05) is 13.1 Å². The first-order valence-corrected chi connectivity index (χ1v) is 7.83. The highest BCUT2D eigenvalue weighted by Gasteiger charge is 2.28. The molecule has 0 radical (unpaired) electrons. The highest BCUT2D eigenvalue weighted by atomic mass is 32.2. The van der Waals surface area contributed by atoms with Crippen LogP contribution in [-0.4, -0.2) is 26.8 Å². The molecule has 0 amide bonds. The molecule has 17 heavy (non-hydrogen) atoms. The van der Waals surface area contributed by atoms with Crippen LogP contribution in [-0.2, 0) is 22.0 Å². The van der Waals surface area contributed by atoms with Gasteiger partial charge in [0.1, 0.15) is 0 Å². The van der Waals surface area contributed by atoms with Crippen molar-refractivity contribution < 1.29 is 8.42 Å². The Morgan fingerprint density at radius 3 is 2.41 bits per heavy atom. The van der Waals surface area contributed by atoms with E-state index in [1.54, 1.807) is 0 Å². The Balaban J connectivity index is 2.08. The largest absolute Gasteiger partial charge is 0.315 e. The molecular formula is C13H19NO2S. The highest BCUT2D eigenvalue weighted by molar-refractivity contribution is 7.91. The first kappa shape index (κ1) is 12.6. The molecule has 0 aromatic heterocycles. The molecule has 1 aromatic rings. The standard InChI is InChI=1S/C13H19NO2S/c1-2-11-3-5-12(6-4-11)10-17(15,16)13-7-8-14-9-13/h3-6,13-14H,2,7-10H2,1H3. The molecule has 4 heteroatoms. The summed E-state index contributed by atoms with van der Waals surface area (Å²) in [6.07, 6.45) is 1.73. The average Bonchev–Trinajstić information content (AvgIpc) is 2.84. The van der Waals surface area contributed by atoms with Crippen molar-refractivity contribution in [3.05, 3.63) is 35.4 Å². The Labute approximate surface area is 103 Å². The number of rotatable bonds is 4. The molecule has 2 rings (SSSR count). The van der Waals surface area contributed by atoms with Crippen LogP contribution in [0.4, 0.5) is 0 Å². The van der Waals surface area contributed by atoms with Crippen LogP contribution >= 0.6 is 0 Å². The van der Waals surface area contributed by atoms with E-state index in [0.29, 0.717) is 6.54 Å². The molecule has 0 saturated carbocycles. The zero-order chi connectivity index (χ0) is 12.3. The van der Waals surface area contributed by atoms with Gasteiger partial charge < -0.3 is 5.32 Å². The molecule has 1 saturated heterocycles. The Morgan fingerprint density at radius 2 is 1.88 bits per heavy atom. The van der Waals surface area contributed by atoms with Crippen LogP contribution in [0.2, 0.25) is 0 Å². The van der Waals surface area contributed by atoms with Crippen LogP contribution in [0.5, 0.6) is 0 Å². The fourth-order valence-electron chi connectivity index (χ4n) is 2.16. The van der Waals surface area contributed by atoms with Gasteiger partial charge >= 0.3 is 0 Å². The molecule has 1 aliphatic rings. The first-order chi connectivity index (χ1) is 8.12. The number of nitrogens with one attached hydrogen (secondary N) is 1. The van der Waals surface area contributed by atoms with E-state index in [1.807, 2.05) is 24.3 Å². The predicted molar refractivity (Wildman–Crippen MR) is 69.7 cm³/mol. The first-order valence-electron chi connectivity index (χ1n) is 6.12. The molecular weight excluding hydrogens is 234 g/mol. The zero-order valence-corrected chi connectivity index (χ0v) is 11.0. The lowest BCUT2D eigenvalue weighted by Crippen LogP contribution is -2.25. The van der Waals surface area contributed by atoms with Crippen molar-refractivity contribution in [2.24, 2.45) is 0 Å². The van der Waals surface area contributed by atoms with E-state index in [1.165, 1.54) is 5.56 Å². The van der Waals surface area contributed by atoms with Crippen molar-refractivity contribution >= 4 is 9.84 Å². The maximum atomic E-state index is 12.1. The number of hydrogen-bond donors (Lipinski definition) is 1. The minimum Gasteiger partial charge on any atom is -0.315 e. The van der Waals surface area contributed by atoms with E-state index in [-0.39, 0.29) is 11.0 Å². The summed E-state index contributed by atoms with van der Waals surface area (Å²) in [4.78, 5) is 0. The third kappa shape index (κ3) is 3.07. The molecule has 1 heterocycles. The quantitative estimate of drug-likeness (QED) is 0.885. The number of sulfone groups is 1. The average molecular weight is 253 g/mol. The van der Waals surface area contributed by atoms with Gasteiger partial charge in [0.05, 0.1) is 11.0 Å². The molecule has 0 aliphatic carbocycles. The van der Waals surface area contributed by atoms with Crippen LogP contribution in [0.15, 0.2) is 24.3 Å². The summed E-state index contributed by atoms with van der Waals surface area (Å²) < 4.78 is 24.2. The van der Waals surface area contributed by atoms with Gasteiger partial charge in [0.2, 0.25) is 0 Å². The minimum absolute atomic E-state index is 0.170. The Morgan fingerprint density at radius 1 is 1.24 bits per heavy atom. The highest BCUT2D eigenvalue weighted by Crippen LogP contribution is 2.16. The van der Waals surface area contributed by atoms with Gasteiger partial charge in [-0.3, -0.25) is 0 Å². The van der Waals surface area contributed by atoms with Gasteiger partial charge in [-0.25, -0.2) is 8.42 Å². The summed E-state index contributed by atoms with van der Waals surface area (Å²) in [6, 6.07) is 7.88. The van der Waals surface area contributed by atoms with E-state index < -0.39 is 9.84 Å². The topological polar surface area (TPSA) is 46.2 Å². The van der Waals surface area contributed by atoms with E-state index >= 15 is 0 Å². The third-order valence-electron chi connectivity index (χ3n) is 3.32. The van der Waals surface area contributed by atoms with E-state index in [4.69, 9.17) is 0 Å². The molecule has 1 atom stereocenters. The third-order valence-corrected chi connectivity index (χ3v) is 5.48. The van der Waals surface area contributed by atoms with Crippen LogP contribution < -0.4 is 5.32 Å². The maximum absolute atomic E-state index is 12.1. The van der Waals surface area contributed by atoms with Crippen LogP contribution in [0, 0.1) is 0 Å². The summed E-state index contributed by atoms with van der Waals surface area (Å²) >= 11 is 0. The minimum atomic E-state index is -3.00. The predicted octanol–water partition coefficient (Wildman–Crippen LogP) is 1.53. The van der Waals surface area contributed by atoms with Gasteiger partial charge in [-0.05, 0) is 30.5 Å². The second-order valence-corrected chi connectivity index (χ2v) is 6.87. The molecule has 1 fully saturated rings. The van der Waals surface area contributed by atoms with Crippen LogP contribution in [0.3, 0.4) is 0 Å². The van der Waals surface area contributed by atoms with Crippen molar-refractivity contribution in [1.29, 1.82) is 0 Å². The van der Waals surface area contributed by atoms with Crippen molar-refractivity contribution in [2.45, 2.75) is 30.8 Å². The lowest BCUT2D eigenvalue weighted by atomic mass is 10.1. The summed E-state index contributed by atoms with van der Waals surface area (Å²) in [5, 5.41) is 2.90. The van der Waals surface area contributed by atoms with Gasteiger partial charge in [0, 0.05) is 6.54 Å². The Kier molecular flexibility index (Phi) is 3.84. The summed E-state index contributed by atoms with van der Waals surface area (Å²) in [7, 11) is -3.00. The zero-order valence-electron chi connectivity index (χ0n) is 10.1. The SMILES string of the molecule is CCc1ccc(CS(=O)(=O)C2CCNC2)cc1. The van der Waals surface area contributed by atoms with Crippen molar-refractivity contribution in [1.82, 2.24) is 5.32 Å². The van der Waals surface area contributed by atoms with Gasteiger partial charge in [-0.1, -0.05) is 31.2 Å². The van der Waals surface area contributed by atoms with Gasteiger partial charge in [0.15, 0.2) is 9.84 Å². The Bertz CT molecular complexity index is 459. The normalized spacial score (nSPS) is 20.6. The smallest absolute Gasteiger partial charge is 0.158 e. The van der Waals surface area contributed by atoms with Gasteiger partial charge in [-0.15, -0.1) is 0 Å². The molecule has 94 valence electrons. The summed E-state index contributed by atoms with van der Waals surface area (Å²) in [5.74, 6) is 0.170. The number of benzene rings is 1. The van der Waals surface area contributed by atoms with Crippen molar-refractivity contribution in [3.8, 4) is 0 Å². The Hall–Kier alpha value is -0.870. The fourth-order valence-corrected chi connectivity index (χ4v) is 3.90. The molecule has 0 bridgehead atoms. The van der Waals surface area contributed by atoms with E-state index in [0.717, 1.165) is 24.9 Å². The lowest BCUT2D eigenvalue weighted by molar-refractivity contribution is 0.582. The molecule has 1 unspecified atom stereocenters. The van der Waals surface area contributed by atoms with Crippen LogP contribution in [0.25, 0.3) is 0 Å². The molecule has 1 N–H and O–H groups in total. The molecule has 3 nitrogen and oxygen atoms in total. The fraction of sp³-hybridized carbons (Fsp3) is 0.538. The van der Waals surface area contributed by atoms with Crippen molar-refractivity contribution in [3.63, 3.8) is 0 Å². The second-order valence-electron chi connectivity index (χ2n) is 4.59. The maximum Gasteiger partial charge on any atom is 0.158 e.